The molecule has 0 aliphatic carbocycles. The van der Waals surface area contributed by atoms with Gasteiger partial charge in [-0.25, -0.2) is 0 Å². The molecule has 7 heteroatoms. The summed E-state index contributed by atoms with van der Waals surface area (Å²) in [6.07, 6.45) is 2.88. The van der Waals surface area contributed by atoms with Gasteiger partial charge in [-0.2, -0.15) is 0 Å². The third kappa shape index (κ3) is 7.77. The van der Waals surface area contributed by atoms with E-state index in [9.17, 15) is 14.4 Å². The molecule has 1 saturated heterocycles. The molecule has 1 aliphatic rings. The summed E-state index contributed by atoms with van der Waals surface area (Å²) in [6.45, 7) is 1.38. The Morgan fingerprint density at radius 1 is 1.21 bits per heavy atom. The van der Waals surface area contributed by atoms with Crippen LogP contribution in [0.4, 0.5) is 0 Å². The molecular weight excluding hydrogens is 312 g/mol. The van der Waals surface area contributed by atoms with Crippen molar-refractivity contribution >= 4 is 17.8 Å². The highest BCUT2D eigenvalue weighted by Gasteiger charge is 2.34. The number of amides is 1. The first-order chi connectivity index (χ1) is 11.8. The monoisotopic (exact) mass is 343 g/mol. The summed E-state index contributed by atoms with van der Waals surface area (Å²) < 4.78 is 12.9. The number of carboxylic acids is 1. The number of carboxylic acid groups (broad SMARTS) is 1. The van der Waals surface area contributed by atoms with E-state index in [4.69, 9.17) is 11.2 Å². The van der Waals surface area contributed by atoms with Crippen molar-refractivity contribution < 1.29 is 25.6 Å². The minimum Gasteiger partial charge on any atom is -0.481 e. The van der Waals surface area contributed by atoms with Gasteiger partial charge >= 0.3 is 11.9 Å². The Bertz CT molecular complexity index is 458. The summed E-state index contributed by atoms with van der Waals surface area (Å²) in [4.78, 5) is 38.2. The molecule has 0 aromatic heterocycles. The van der Waals surface area contributed by atoms with Crippen LogP contribution in [-0.2, 0) is 19.1 Å². The number of unbranched alkanes of at least 4 members (excludes halogenated alkanes) is 2. The summed E-state index contributed by atoms with van der Waals surface area (Å²) in [7, 11) is 4.04. The van der Waals surface area contributed by atoms with Crippen LogP contribution < -0.4 is 0 Å². The minimum absolute atomic E-state index is 0.00573. The number of aliphatic carboxylic acids is 1. The highest BCUT2D eigenvalue weighted by Crippen LogP contribution is 2.22. The largest absolute Gasteiger partial charge is 0.481 e. The van der Waals surface area contributed by atoms with Crippen molar-refractivity contribution in [3.63, 3.8) is 0 Å². The molecule has 0 aromatic carbocycles. The Hall–Kier alpha value is -1.63. The second-order valence-electron chi connectivity index (χ2n) is 6.56. The molecule has 0 radical (unpaired) electrons. The van der Waals surface area contributed by atoms with Gasteiger partial charge in [-0.1, -0.05) is 6.42 Å². The van der Waals surface area contributed by atoms with Gasteiger partial charge < -0.3 is 19.6 Å². The molecule has 1 amide bonds. The van der Waals surface area contributed by atoms with E-state index in [1.54, 1.807) is 4.90 Å². The van der Waals surface area contributed by atoms with Crippen molar-refractivity contribution in [1.82, 2.24) is 9.80 Å². The maximum Gasteiger partial charge on any atom is 0.306 e. The summed E-state index contributed by atoms with van der Waals surface area (Å²) >= 11 is 0. The molecule has 1 heterocycles. The summed E-state index contributed by atoms with van der Waals surface area (Å²) in [5.41, 5.74) is 0. The Morgan fingerprint density at radius 3 is 2.58 bits per heavy atom. The SMILES string of the molecule is [2H]C[C@@H]1C[C@@H](OC(=O)CCC(=O)O)CN1C(=O)CCCCCN(C)C. The van der Waals surface area contributed by atoms with Crippen LogP contribution in [0.1, 0.15) is 53.2 Å². The maximum absolute atomic E-state index is 12.4. The first kappa shape index (κ1) is 18.7. The first-order valence-corrected chi connectivity index (χ1v) is 8.48. The molecule has 0 spiro atoms. The lowest BCUT2D eigenvalue weighted by Crippen LogP contribution is -2.34. The van der Waals surface area contributed by atoms with Crippen molar-refractivity contribution in [1.29, 1.82) is 0 Å². The smallest absolute Gasteiger partial charge is 0.306 e. The molecule has 1 rings (SSSR count). The number of esters is 1. The van der Waals surface area contributed by atoms with Crippen LogP contribution in [0, 0.1) is 0 Å². The lowest BCUT2D eigenvalue weighted by atomic mass is 10.1. The van der Waals surface area contributed by atoms with Gasteiger partial charge in [-0.05, 0) is 40.4 Å². The predicted molar refractivity (Wildman–Crippen MR) is 89.6 cm³/mol. The Balaban J connectivity index is 2.36. The molecule has 0 saturated carbocycles. The molecule has 1 N–H and O–H groups in total. The normalized spacial score (nSPS) is 21.0. The molecule has 0 unspecified atom stereocenters. The lowest BCUT2D eigenvalue weighted by molar-refractivity contribution is -0.152. The first-order valence-electron chi connectivity index (χ1n) is 9.19. The fraction of sp³-hybridized carbons (Fsp3) is 0.824. The van der Waals surface area contributed by atoms with E-state index in [0.717, 1.165) is 25.8 Å². The number of ether oxygens (including phenoxy) is 1. The third-order valence-electron chi connectivity index (χ3n) is 4.03. The predicted octanol–water partition coefficient (Wildman–Crippen LogP) is 1.51. The van der Waals surface area contributed by atoms with E-state index in [0.29, 0.717) is 19.4 Å². The zero-order valence-electron chi connectivity index (χ0n) is 15.7. The van der Waals surface area contributed by atoms with Crippen molar-refractivity contribution in [3.05, 3.63) is 0 Å². The van der Waals surface area contributed by atoms with Gasteiger partial charge in [-0.15, -0.1) is 0 Å². The van der Waals surface area contributed by atoms with Crippen LogP contribution in [0.5, 0.6) is 0 Å². The highest BCUT2D eigenvalue weighted by atomic mass is 16.5. The average molecular weight is 343 g/mol. The zero-order chi connectivity index (χ0) is 18.8. The molecule has 1 fully saturated rings. The van der Waals surface area contributed by atoms with E-state index in [1.165, 1.54) is 0 Å². The maximum atomic E-state index is 12.4. The van der Waals surface area contributed by atoms with Gasteiger partial charge in [0.15, 0.2) is 0 Å². The lowest BCUT2D eigenvalue weighted by Gasteiger charge is -2.21. The molecule has 138 valence electrons. The number of rotatable bonds is 10. The fourth-order valence-corrected chi connectivity index (χ4v) is 2.74. The van der Waals surface area contributed by atoms with Crippen molar-refractivity contribution in [3.8, 4) is 0 Å². The van der Waals surface area contributed by atoms with E-state index in [1.807, 2.05) is 14.1 Å². The topological polar surface area (TPSA) is 87.1 Å². The van der Waals surface area contributed by atoms with Gasteiger partial charge in [-0.3, -0.25) is 14.4 Å². The van der Waals surface area contributed by atoms with Gasteiger partial charge in [0.25, 0.3) is 0 Å². The molecule has 0 aromatic rings. The van der Waals surface area contributed by atoms with Gasteiger partial charge in [0, 0.05) is 20.3 Å². The van der Waals surface area contributed by atoms with Crippen LogP contribution in [0.2, 0.25) is 0 Å². The number of hydrogen-bond donors (Lipinski definition) is 1. The number of carbonyl (C=O) groups is 3. The molecule has 24 heavy (non-hydrogen) atoms. The zero-order valence-corrected chi connectivity index (χ0v) is 14.7. The number of hydrogen-bond acceptors (Lipinski definition) is 5. The highest BCUT2D eigenvalue weighted by molar-refractivity contribution is 5.78. The van der Waals surface area contributed by atoms with E-state index in [-0.39, 0.29) is 31.7 Å². The van der Waals surface area contributed by atoms with E-state index in [2.05, 4.69) is 4.90 Å². The quantitative estimate of drug-likeness (QED) is 0.478. The molecular formula is C17H30N2O5. The standard InChI is InChI=1S/C17H30N2O5/c1-13-11-14(24-17(23)9-8-16(21)22)12-19(13)15(20)7-5-4-6-10-18(2)3/h13-14H,4-12H2,1-3H3,(H,21,22)/t13-,14-/m1/s1/i1D. The van der Waals surface area contributed by atoms with Gasteiger partial charge in [0.05, 0.1) is 19.4 Å². The van der Waals surface area contributed by atoms with E-state index < -0.39 is 18.0 Å². The van der Waals surface area contributed by atoms with Crippen LogP contribution in [-0.4, -0.2) is 72.1 Å². The molecule has 0 bridgehead atoms. The number of nitrogens with zero attached hydrogens (tertiary/aromatic N) is 2. The fourth-order valence-electron chi connectivity index (χ4n) is 2.74. The minimum atomic E-state index is -1.04. The second-order valence-corrected chi connectivity index (χ2v) is 6.56. The summed E-state index contributed by atoms with van der Waals surface area (Å²) in [6, 6.07) is -0.230. The van der Waals surface area contributed by atoms with Crippen molar-refractivity contribution in [2.24, 2.45) is 0 Å². The Morgan fingerprint density at radius 2 is 1.96 bits per heavy atom. The molecule has 1 aliphatic heterocycles. The van der Waals surface area contributed by atoms with Gasteiger partial charge in [0.1, 0.15) is 6.10 Å². The third-order valence-corrected chi connectivity index (χ3v) is 4.03. The second kappa shape index (κ2) is 10.3. The van der Waals surface area contributed by atoms with Crippen LogP contribution in [0.15, 0.2) is 0 Å². The van der Waals surface area contributed by atoms with E-state index >= 15 is 0 Å². The summed E-state index contributed by atoms with van der Waals surface area (Å²) in [5, 5.41) is 8.58. The van der Waals surface area contributed by atoms with Crippen LogP contribution in [0.25, 0.3) is 0 Å². The molecule has 7 nitrogen and oxygen atoms in total. The Labute approximate surface area is 145 Å². The Kier molecular flexibility index (Phi) is 8.01. The van der Waals surface area contributed by atoms with Crippen molar-refractivity contribution in [2.45, 2.75) is 64.0 Å². The van der Waals surface area contributed by atoms with Gasteiger partial charge in [0.2, 0.25) is 5.91 Å². The molecule has 2 atom stereocenters. The van der Waals surface area contributed by atoms with Crippen LogP contribution >= 0.6 is 0 Å². The number of carbonyl (C=O) groups excluding carboxylic acids is 2. The number of likely N-dealkylation sites (tertiary alicyclic amines) is 1. The van der Waals surface area contributed by atoms with Crippen LogP contribution in [0.3, 0.4) is 0 Å². The average Bonchev–Trinajstić information content (AvgIpc) is 2.95. The summed E-state index contributed by atoms with van der Waals surface area (Å²) in [5.74, 6) is -1.60. The van der Waals surface area contributed by atoms with Crippen molar-refractivity contribution in [2.75, 3.05) is 27.2 Å².